The molecule has 1 aliphatic rings. The molecule has 1 heterocycles. The van der Waals surface area contributed by atoms with E-state index in [1.54, 1.807) is 0 Å². The highest BCUT2D eigenvalue weighted by Gasteiger charge is 2.30. The average molecular weight is 263 g/mol. The third-order valence-corrected chi connectivity index (χ3v) is 3.73. The number of hydrogen-bond donors (Lipinski definition) is 0. The van der Waals surface area contributed by atoms with Gasteiger partial charge in [-0.25, -0.2) is 0 Å². The molecule has 1 rings (SSSR count). The second-order valence-electron chi connectivity index (χ2n) is 4.66. The van der Waals surface area contributed by atoms with Crippen molar-refractivity contribution in [1.82, 2.24) is 9.80 Å². The summed E-state index contributed by atoms with van der Waals surface area (Å²) < 4.78 is 0. The van der Waals surface area contributed by atoms with E-state index in [9.17, 15) is 0 Å². The van der Waals surface area contributed by atoms with Crippen molar-refractivity contribution in [1.29, 1.82) is 0 Å². The van der Waals surface area contributed by atoms with E-state index in [0.717, 1.165) is 17.3 Å². The Hall–Kier alpha value is 0.400. The molecule has 1 aliphatic heterocycles. The molecule has 0 saturated carbocycles. The first-order chi connectivity index (χ1) is 6.65. The average Bonchev–Trinajstić information content (AvgIpc) is 2.47. The van der Waals surface area contributed by atoms with E-state index in [1.807, 2.05) is 0 Å². The van der Waals surface area contributed by atoms with Crippen LogP contribution in [0.3, 0.4) is 0 Å². The maximum absolute atomic E-state index is 3.48. The molecule has 0 aliphatic carbocycles. The summed E-state index contributed by atoms with van der Waals surface area (Å²) in [5.74, 6) is 0.828. The number of hydrogen-bond acceptors (Lipinski definition) is 2. The van der Waals surface area contributed by atoms with E-state index >= 15 is 0 Å². The summed E-state index contributed by atoms with van der Waals surface area (Å²) in [6.45, 7) is 6.19. The molecular formula is C11H23BrN2. The molecule has 0 radical (unpaired) electrons. The van der Waals surface area contributed by atoms with Crippen molar-refractivity contribution in [2.45, 2.75) is 25.8 Å². The zero-order chi connectivity index (χ0) is 10.6. The molecule has 1 fully saturated rings. The Bertz CT molecular complexity index is 161. The highest BCUT2D eigenvalue weighted by atomic mass is 79.9. The lowest BCUT2D eigenvalue weighted by atomic mass is 10.1. The van der Waals surface area contributed by atoms with E-state index < -0.39 is 0 Å². The van der Waals surface area contributed by atoms with Crippen molar-refractivity contribution in [2.24, 2.45) is 5.92 Å². The molecule has 14 heavy (non-hydrogen) atoms. The Morgan fingerprint density at radius 3 is 2.50 bits per heavy atom. The summed E-state index contributed by atoms with van der Waals surface area (Å²) in [5.41, 5.74) is 0. The fraction of sp³-hybridized carbons (Fsp3) is 1.00. The summed E-state index contributed by atoms with van der Waals surface area (Å²) in [5, 5.41) is 1.15. The van der Waals surface area contributed by atoms with Gasteiger partial charge in [0.05, 0.1) is 0 Å². The number of likely N-dealkylation sites (tertiary alicyclic amines) is 1. The zero-order valence-electron chi connectivity index (χ0n) is 9.67. The lowest BCUT2D eigenvalue weighted by Gasteiger charge is -2.22. The van der Waals surface area contributed by atoms with Gasteiger partial charge < -0.3 is 9.80 Å². The Morgan fingerprint density at radius 1 is 1.29 bits per heavy atom. The second kappa shape index (κ2) is 6.09. The van der Waals surface area contributed by atoms with Crippen LogP contribution in [-0.2, 0) is 0 Å². The smallest absolute Gasteiger partial charge is 0.0254 e. The molecule has 1 saturated heterocycles. The highest BCUT2D eigenvalue weighted by molar-refractivity contribution is 9.09. The number of unbranched alkanes of at least 4 members (excludes halogenated alkanes) is 1. The van der Waals surface area contributed by atoms with Crippen LogP contribution < -0.4 is 0 Å². The number of rotatable bonds is 5. The van der Waals surface area contributed by atoms with Gasteiger partial charge in [0.2, 0.25) is 0 Å². The van der Waals surface area contributed by atoms with Gasteiger partial charge in [-0.3, -0.25) is 0 Å². The summed E-state index contributed by atoms with van der Waals surface area (Å²) >= 11 is 3.48. The predicted octanol–water partition coefficient (Wildman–Crippen LogP) is 2.04. The van der Waals surface area contributed by atoms with Crippen LogP contribution in [0.2, 0.25) is 0 Å². The van der Waals surface area contributed by atoms with Crippen molar-refractivity contribution in [2.75, 3.05) is 39.1 Å². The van der Waals surface area contributed by atoms with Gasteiger partial charge in [0.25, 0.3) is 0 Å². The topological polar surface area (TPSA) is 6.48 Å². The summed E-state index contributed by atoms with van der Waals surface area (Å²) in [7, 11) is 4.40. The number of nitrogens with zero attached hydrogens (tertiary/aromatic N) is 2. The molecule has 2 unspecified atom stereocenters. The number of alkyl halides is 1. The summed E-state index contributed by atoms with van der Waals surface area (Å²) in [6, 6.07) is 0.763. The normalized spacial score (nSPS) is 28.9. The molecular weight excluding hydrogens is 240 g/mol. The maximum atomic E-state index is 3.48. The van der Waals surface area contributed by atoms with E-state index in [1.165, 1.54) is 32.5 Å². The molecule has 0 aromatic carbocycles. The van der Waals surface area contributed by atoms with Crippen LogP contribution in [-0.4, -0.2) is 54.9 Å². The number of halogens is 1. The fourth-order valence-electron chi connectivity index (χ4n) is 2.33. The van der Waals surface area contributed by atoms with Crippen molar-refractivity contribution in [3.8, 4) is 0 Å². The van der Waals surface area contributed by atoms with Gasteiger partial charge >= 0.3 is 0 Å². The Morgan fingerprint density at radius 2 is 2.00 bits per heavy atom. The van der Waals surface area contributed by atoms with Gasteiger partial charge in [-0.2, -0.15) is 0 Å². The molecule has 2 nitrogen and oxygen atoms in total. The standard InChI is InChI=1S/C11H23BrN2/c1-10-8-14(7-5-4-6-12)9-11(10)13(2)3/h10-11H,4-9H2,1-3H3. The largest absolute Gasteiger partial charge is 0.305 e. The minimum Gasteiger partial charge on any atom is -0.305 e. The first-order valence-electron chi connectivity index (χ1n) is 5.60. The summed E-state index contributed by atoms with van der Waals surface area (Å²) in [4.78, 5) is 4.98. The van der Waals surface area contributed by atoms with Gasteiger partial charge in [-0.05, 0) is 39.4 Å². The van der Waals surface area contributed by atoms with Crippen LogP contribution in [0.5, 0.6) is 0 Å². The van der Waals surface area contributed by atoms with Crippen LogP contribution in [0.15, 0.2) is 0 Å². The molecule has 0 N–H and O–H groups in total. The molecule has 84 valence electrons. The third kappa shape index (κ3) is 3.52. The zero-order valence-corrected chi connectivity index (χ0v) is 11.3. The van der Waals surface area contributed by atoms with Gasteiger partial charge in [0.1, 0.15) is 0 Å². The summed E-state index contributed by atoms with van der Waals surface area (Å²) in [6.07, 6.45) is 2.63. The van der Waals surface area contributed by atoms with E-state index in [2.05, 4.69) is 46.7 Å². The Kier molecular flexibility index (Phi) is 5.42. The third-order valence-electron chi connectivity index (χ3n) is 3.17. The second-order valence-corrected chi connectivity index (χ2v) is 5.46. The van der Waals surface area contributed by atoms with Crippen molar-refractivity contribution in [3.63, 3.8) is 0 Å². The Labute approximate surface area is 96.8 Å². The molecule has 0 amide bonds. The minimum atomic E-state index is 0.763. The monoisotopic (exact) mass is 262 g/mol. The van der Waals surface area contributed by atoms with Crippen LogP contribution in [0.25, 0.3) is 0 Å². The highest BCUT2D eigenvalue weighted by Crippen LogP contribution is 2.20. The molecule has 0 aromatic rings. The van der Waals surface area contributed by atoms with E-state index in [0.29, 0.717) is 0 Å². The Balaban J connectivity index is 2.24. The molecule has 0 spiro atoms. The van der Waals surface area contributed by atoms with Gasteiger partial charge in [-0.15, -0.1) is 0 Å². The molecule has 0 aromatic heterocycles. The van der Waals surface area contributed by atoms with Crippen LogP contribution in [0.4, 0.5) is 0 Å². The number of likely N-dealkylation sites (N-methyl/N-ethyl adjacent to an activating group) is 1. The lowest BCUT2D eigenvalue weighted by Crippen LogP contribution is -2.34. The molecule has 2 atom stereocenters. The minimum absolute atomic E-state index is 0.763. The first kappa shape index (κ1) is 12.5. The van der Waals surface area contributed by atoms with Crippen molar-refractivity contribution < 1.29 is 0 Å². The van der Waals surface area contributed by atoms with Gasteiger partial charge in [0, 0.05) is 24.5 Å². The van der Waals surface area contributed by atoms with Gasteiger partial charge in [0.15, 0.2) is 0 Å². The fourth-order valence-corrected chi connectivity index (χ4v) is 2.73. The maximum Gasteiger partial charge on any atom is 0.0254 e. The van der Waals surface area contributed by atoms with Crippen molar-refractivity contribution >= 4 is 15.9 Å². The van der Waals surface area contributed by atoms with E-state index in [4.69, 9.17) is 0 Å². The molecule has 0 bridgehead atoms. The van der Waals surface area contributed by atoms with Crippen LogP contribution in [0.1, 0.15) is 19.8 Å². The first-order valence-corrected chi connectivity index (χ1v) is 6.72. The van der Waals surface area contributed by atoms with Crippen LogP contribution >= 0.6 is 15.9 Å². The molecule has 3 heteroatoms. The lowest BCUT2D eigenvalue weighted by molar-refractivity contribution is 0.251. The quantitative estimate of drug-likeness (QED) is 0.553. The van der Waals surface area contributed by atoms with Crippen molar-refractivity contribution in [3.05, 3.63) is 0 Å². The van der Waals surface area contributed by atoms with E-state index in [-0.39, 0.29) is 0 Å². The predicted molar refractivity (Wildman–Crippen MR) is 66.1 cm³/mol. The van der Waals surface area contributed by atoms with Gasteiger partial charge in [-0.1, -0.05) is 22.9 Å². The van der Waals surface area contributed by atoms with Crippen LogP contribution in [0, 0.1) is 5.92 Å². The SMILES string of the molecule is CC1CN(CCCCBr)CC1N(C)C.